The Morgan fingerprint density at radius 3 is 3.46 bits per heavy atom. The predicted octanol–water partition coefficient (Wildman–Crippen LogP) is 0.795. The highest BCUT2D eigenvalue weighted by Gasteiger charge is 2.35. The van der Waals surface area contributed by atoms with Crippen molar-refractivity contribution in [3.8, 4) is 0 Å². The van der Waals surface area contributed by atoms with Gasteiger partial charge in [-0.2, -0.15) is 5.53 Å². The van der Waals surface area contributed by atoms with Gasteiger partial charge >= 0.3 is 0 Å². The summed E-state index contributed by atoms with van der Waals surface area (Å²) in [6, 6.07) is 0.515. The summed E-state index contributed by atoms with van der Waals surface area (Å²) in [5, 5.41) is 4.50. The van der Waals surface area contributed by atoms with Crippen molar-refractivity contribution in [1.29, 1.82) is 0 Å². The van der Waals surface area contributed by atoms with Crippen LogP contribution in [-0.4, -0.2) is 29.1 Å². The molecule has 0 radical (unpaired) electrons. The normalized spacial score (nSPS) is 31.5. The molecular weight excluding hydrogens is 162 g/mol. The molecule has 0 aromatic carbocycles. The summed E-state index contributed by atoms with van der Waals surface area (Å²) in [6.45, 7) is 2.08. The summed E-state index contributed by atoms with van der Waals surface area (Å²) in [4.78, 5) is 0. The first kappa shape index (κ1) is 7.39. The molecule has 1 unspecified atom stereocenters. The van der Waals surface area contributed by atoms with Crippen molar-refractivity contribution in [2.24, 2.45) is 0 Å². The first-order valence-electron chi connectivity index (χ1n) is 4.86. The van der Waals surface area contributed by atoms with E-state index in [9.17, 15) is 0 Å². The van der Waals surface area contributed by atoms with Crippen LogP contribution in [0.4, 0.5) is 0 Å². The lowest BCUT2D eigenvalue weighted by molar-refractivity contribution is 0.118. The Labute approximate surface area is 77.9 Å². The summed E-state index contributed by atoms with van der Waals surface area (Å²) in [5.74, 6) is 0. The molecule has 13 heavy (non-hydrogen) atoms. The van der Waals surface area contributed by atoms with Gasteiger partial charge in [-0.3, -0.25) is 5.01 Å². The van der Waals surface area contributed by atoms with Gasteiger partial charge in [0.25, 0.3) is 0 Å². The SMILES string of the molecule is C1=CCCN2NN3CC=CCC3C=12. The smallest absolute Gasteiger partial charge is 0.0911 e. The molecule has 3 rings (SSSR count). The van der Waals surface area contributed by atoms with Crippen molar-refractivity contribution in [2.45, 2.75) is 18.9 Å². The summed E-state index contributed by atoms with van der Waals surface area (Å²) in [6.07, 6.45) is 8.83. The maximum absolute atomic E-state index is 3.39. The third-order valence-corrected chi connectivity index (χ3v) is 2.81. The first-order valence-corrected chi connectivity index (χ1v) is 4.86. The summed E-state index contributed by atoms with van der Waals surface area (Å²) >= 11 is 0. The van der Waals surface area contributed by atoms with Gasteiger partial charge in [-0.05, 0) is 18.9 Å². The number of hydrogen-bond donors (Lipinski definition) is 1. The van der Waals surface area contributed by atoms with E-state index >= 15 is 0 Å². The lowest BCUT2D eigenvalue weighted by Gasteiger charge is -2.22. The van der Waals surface area contributed by atoms with Crippen molar-refractivity contribution in [3.63, 3.8) is 0 Å². The van der Waals surface area contributed by atoms with Gasteiger partial charge in [0.05, 0.1) is 11.7 Å². The number of rotatable bonds is 0. The van der Waals surface area contributed by atoms with Crippen LogP contribution < -0.4 is 5.53 Å². The van der Waals surface area contributed by atoms with Crippen LogP contribution in [0, 0.1) is 0 Å². The summed E-state index contributed by atoms with van der Waals surface area (Å²) in [7, 11) is 0. The van der Waals surface area contributed by atoms with Crippen molar-refractivity contribution < 1.29 is 0 Å². The molecule has 0 bridgehead atoms. The molecule has 3 aliphatic rings. The monoisotopic (exact) mass is 175 g/mol. The van der Waals surface area contributed by atoms with Crippen molar-refractivity contribution in [1.82, 2.24) is 15.6 Å². The van der Waals surface area contributed by atoms with Crippen LogP contribution in [0.3, 0.4) is 0 Å². The molecule has 0 aromatic rings. The quantitative estimate of drug-likeness (QED) is 0.434. The number of fused-ring (bicyclic) bond motifs is 3. The van der Waals surface area contributed by atoms with Gasteiger partial charge in [0.15, 0.2) is 0 Å². The lowest BCUT2D eigenvalue weighted by Crippen LogP contribution is -2.42. The average Bonchev–Trinajstić information content (AvgIpc) is 2.56. The molecule has 3 nitrogen and oxygen atoms in total. The molecule has 0 spiro atoms. The average molecular weight is 175 g/mol. The van der Waals surface area contributed by atoms with Crippen LogP contribution in [-0.2, 0) is 0 Å². The molecule has 1 fully saturated rings. The molecule has 1 saturated heterocycles. The Morgan fingerprint density at radius 2 is 2.46 bits per heavy atom. The van der Waals surface area contributed by atoms with Crippen LogP contribution in [0.1, 0.15) is 12.8 Å². The van der Waals surface area contributed by atoms with Crippen LogP contribution >= 0.6 is 0 Å². The molecule has 0 aliphatic carbocycles. The second-order valence-corrected chi connectivity index (χ2v) is 3.65. The van der Waals surface area contributed by atoms with E-state index in [1.807, 2.05) is 0 Å². The van der Waals surface area contributed by atoms with E-state index in [4.69, 9.17) is 0 Å². The molecule has 0 aromatic heterocycles. The van der Waals surface area contributed by atoms with Crippen molar-refractivity contribution in [2.75, 3.05) is 13.1 Å². The van der Waals surface area contributed by atoms with Crippen LogP contribution in [0.25, 0.3) is 0 Å². The van der Waals surface area contributed by atoms with Crippen molar-refractivity contribution in [3.05, 3.63) is 29.7 Å². The van der Waals surface area contributed by atoms with E-state index in [-0.39, 0.29) is 0 Å². The molecular formula is C10H13N3. The summed E-state index contributed by atoms with van der Waals surface area (Å²) < 4.78 is 0. The van der Waals surface area contributed by atoms with Gasteiger partial charge < -0.3 is 0 Å². The Hall–Kier alpha value is -1.02. The standard InChI is InChI=1S/C10H13N3/c1-3-7-12-9(5-1)10-6-2-4-8-13(10)11-12/h1-3,9,11H,4-5,7-8H2. The zero-order chi connectivity index (χ0) is 8.67. The third kappa shape index (κ3) is 1.05. The lowest BCUT2D eigenvalue weighted by atomic mass is 10.1. The number of nitrogens with zero attached hydrogens (tertiary/aromatic N) is 2. The molecule has 0 saturated carbocycles. The van der Waals surface area contributed by atoms with Gasteiger partial charge in [0, 0.05) is 13.1 Å². The molecule has 1 N–H and O–H groups in total. The highest BCUT2D eigenvalue weighted by atomic mass is 15.8. The van der Waals surface area contributed by atoms with Gasteiger partial charge in [-0.15, -0.1) is 5.73 Å². The fourth-order valence-electron chi connectivity index (χ4n) is 2.14. The maximum Gasteiger partial charge on any atom is 0.0911 e. The molecule has 0 amide bonds. The highest BCUT2D eigenvalue weighted by Crippen LogP contribution is 2.26. The molecule has 1 atom stereocenters. The van der Waals surface area contributed by atoms with E-state index in [1.54, 1.807) is 0 Å². The zero-order valence-corrected chi connectivity index (χ0v) is 7.53. The molecule has 68 valence electrons. The number of nitrogens with one attached hydrogen (secondary N) is 1. The molecule has 3 heteroatoms. The van der Waals surface area contributed by atoms with E-state index in [0.717, 1.165) is 25.9 Å². The second-order valence-electron chi connectivity index (χ2n) is 3.65. The van der Waals surface area contributed by atoms with Crippen molar-refractivity contribution >= 4 is 0 Å². The minimum Gasteiger partial charge on any atom is -0.289 e. The third-order valence-electron chi connectivity index (χ3n) is 2.81. The number of hydrazine groups is 2. The van der Waals surface area contributed by atoms with Gasteiger partial charge in [0.2, 0.25) is 0 Å². The van der Waals surface area contributed by atoms with Crippen LogP contribution in [0.5, 0.6) is 0 Å². The topological polar surface area (TPSA) is 18.5 Å². The fraction of sp³-hybridized carbons (Fsp3) is 0.500. The minimum atomic E-state index is 0.515. The zero-order valence-electron chi connectivity index (χ0n) is 7.53. The Kier molecular flexibility index (Phi) is 1.56. The Bertz CT molecular complexity index is 312. The highest BCUT2D eigenvalue weighted by molar-refractivity contribution is 5.19. The van der Waals surface area contributed by atoms with Crippen LogP contribution in [0.2, 0.25) is 0 Å². The van der Waals surface area contributed by atoms with E-state index in [2.05, 4.69) is 39.5 Å². The van der Waals surface area contributed by atoms with Crippen LogP contribution in [0.15, 0.2) is 29.7 Å². The number of hydrogen-bond acceptors (Lipinski definition) is 3. The molecule has 3 heterocycles. The minimum absolute atomic E-state index is 0.515. The Balaban J connectivity index is 1.97. The van der Waals surface area contributed by atoms with Gasteiger partial charge in [-0.1, -0.05) is 12.2 Å². The summed E-state index contributed by atoms with van der Waals surface area (Å²) in [5.41, 5.74) is 8.07. The van der Waals surface area contributed by atoms with Gasteiger partial charge in [-0.25, -0.2) is 5.01 Å². The van der Waals surface area contributed by atoms with E-state index in [1.165, 1.54) is 5.70 Å². The fourth-order valence-corrected chi connectivity index (χ4v) is 2.14. The maximum atomic E-state index is 3.39. The van der Waals surface area contributed by atoms with E-state index in [0.29, 0.717) is 6.04 Å². The Morgan fingerprint density at radius 1 is 1.46 bits per heavy atom. The predicted molar refractivity (Wildman–Crippen MR) is 50.3 cm³/mol. The first-order chi connectivity index (χ1) is 6.45. The van der Waals surface area contributed by atoms with E-state index < -0.39 is 0 Å². The second kappa shape index (κ2) is 2.74. The molecule has 3 aliphatic heterocycles. The largest absolute Gasteiger partial charge is 0.289 e. The van der Waals surface area contributed by atoms with Gasteiger partial charge in [0.1, 0.15) is 0 Å².